The van der Waals surface area contributed by atoms with E-state index in [0.29, 0.717) is 5.96 Å². The first-order valence-electron chi connectivity index (χ1n) is 8.92. The van der Waals surface area contributed by atoms with Crippen molar-refractivity contribution in [3.8, 4) is 10.6 Å². The first-order valence-corrected chi connectivity index (χ1v) is 9.74. The molecular formula is C17H19N9S. The molecule has 3 aromatic rings. The van der Waals surface area contributed by atoms with Crippen LogP contribution in [0.4, 0.5) is 5.69 Å². The number of nitrogens with zero attached hydrogens (tertiary/aromatic N) is 7. The van der Waals surface area contributed by atoms with Crippen LogP contribution in [0.1, 0.15) is 32.1 Å². The van der Waals surface area contributed by atoms with E-state index in [1.54, 1.807) is 10.8 Å². The van der Waals surface area contributed by atoms with E-state index >= 15 is 0 Å². The normalized spacial score (nSPS) is 19.3. The molecule has 0 unspecified atom stereocenters. The van der Waals surface area contributed by atoms with Gasteiger partial charge >= 0.3 is 0 Å². The predicted octanol–water partition coefficient (Wildman–Crippen LogP) is 1.96. The van der Waals surface area contributed by atoms with E-state index in [1.807, 2.05) is 29.2 Å². The van der Waals surface area contributed by atoms with Crippen molar-refractivity contribution in [3.63, 3.8) is 0 Å². The molecule has 2 aromatic heterocycles. The number of hydrogen-bond donors (Lipinski definition) is 2. The van der Waals surface area contributed by atoms with Crippen LogP contribution in [0.15, 0.2) is 40.6 Å². The molecule has 0 amide bonds. The minimum absolute atomic E-state index is 0.252. The van der Waals surface area contributed by atoms with Crippen molar-refractivity contribution in [2.45, 2.75) is 37.8 Å². The molecule has 0 radical (unpaired) electrons. The molecule has 1 aliphatic heterocycles. The largest absolute Gasteiger partial charge is 0.369 e. The summed E-state index contributed by atoms with van der Waals surface area (Å²) in [5.74, 6) is 0.627. The first-order chi connectivity index (χ1) is 13.2. The topological polar surface area (TPSA) is 123 Å². The summed E-state index contributed by atoms with van der Waals surface area (Å²) in [5.41, 5.74) is 13.8. The second-order valence-corrected chi connectivity index (χ2v) is 7.76. The Hall–Kier alpha value is -3.01. The van der Waals surface area contributed by atoms with Crippen LogP contribution in [0, 0.1) is 0 Å². The fourth-order valence-corrected chi connectivity index (χ4v) is 4.84. The Morgan fingerprint density at radius 2 is 1.89 bits per heavy atom. The highest BCUT2D eigenvalue weighted by Gasteiger charge is 2.43. The lowest BCUT2D eigenvalue weighted by atomic mass is 9.87. The van der Waals surface area contributed by atoms with Crippen LogP contribution < -0.4 is 16.4 Å². The molecule has 1 saturated carbocycles. The number of para-hydroxylation sites is 1. The van der Waals surface area contributed by atoms with Crippen molar-refractivity contribution in [3.05, 3.63) is 30.6 Å². The van der Waals surface area contributed by atoms with Crippen molar-refractivity contribution in [2.24, 2.45) is 21.5 Å². The van der Waals surface area contributed by atoms with E-state index in [4.69, 9.17) is 16.5 Å². The van der Waals surface area contributed by atoms with E-state index in [9.17, 15) is 0 Å². The van der Waals surface area contributed by atoms with Gasteiger partial charge in [-0.15, -0.1) is 10.2 Å². The summed E-state index contributed by atoms with van der Waals surface area (Å²) in [7, 11) is 0. The summed E-state index contributed by atoms with van der Waals surface area (Å²) >= 11 is 1.48. The van der Waals surface area contributed by atoms with E-state index in [1.165, 1.54) is 17.8 Å². The van der Waals surface area contributed by atoms with E-state index in [0.717, 1.165) is 46.9 Å². The van der Waals surface area contributed by atoms with Crippen molar-refractivity contribution < 1.29 is 0 Å². The number of aliphatic imine (C=N–C) groups is 2. The van der Waals surface area contributed by atoms with Crippen LogP contribution in [0.3, 0.4) is 0 Å². The fraction of sp³-hybridized carbons (Fsp3) is 0.353. The number of aromatic nitrogens is 4. The molecule has 27 heavy (non-hydrogen) atoms. The van der Waals surface area contributed by atoms with Crippen LogP contribution in [0.2, 0.25) is 0 Å². The maximum absolute atomic E-state index is 6.38. The summed E-state index contributed by atoms with van der Waals surface area (Å²) in [6, 6.07) is 8.05. The smallest absolute Gasteiger partial charge is 0.234 e. The first kappa shape index (κ1) is 16.2. The Balaban J connectivity index is 1.67. The zero-order chi connectivity index (χ0) is 18.4. The predicted molar refractivity (Wildman–Crippen MR) is 106 cm³/mol. The number of benzene rings is 1. The SMILES string of the molecule is NC1=NC2(CCCCC2)N(c2ccccc2-c2nn3cnnc3s2)C(N)=N1. The average Bonchev–Trinajstić information content (AvgIpc) is 3.24. The van der Waals surface area contributed by atoms with Crippen LogP contribution >= 0.6 is 11.3 Å². The number of guanidine groups is 2. The van der Waals surface area contributed by atoms with Gasteiger partial charge in [0.15, 0.2) is 0 Å². The highest BCUT2D eigenvalue weighted by Crippen LogP contribution is 2.43. The molecule has 1 aliphatic carbocycles. The molecule has 0 bridgehead atoms. The Labute approximate surface area is 159 Å². The van der Waals surface area contributed by atoms with Gasteiger partial charge in [-0.1, -0.05) is 29.9 Å². The van der Waals surface area contributed by atoms with Gasteiger partial charge in [0.2, 0.25) is 16.9 Å². The zero-order valence-electron chi connectivity index (χ0n) is 14.6. The molecule has 9 nitrogen and oxygen atoms in total. The van der Waals surface area contributed by atoms with Gasteiger partial charge in [0.25, 0.3) is 0 Å². The van der Waals surface area contributed by atoms with Gasteiger partial charge in [0, 0.05) is 5.56 Å². The average molecular weight is 381 g/mol. The van der Waals surface area contributed by atoms with Gasteiger partial charge in [-0.05, 0) is 37.8 Å². The molecular weight excluding hydrogens is 362 g/mol. The lowest BCUT2D eigenvalue weighted by Gasteiger charge is -2.46. The number of nitrogens with two attached hydrogens (primary N) is 2. The summed E-state index contributed by atoms with van der Waals surface area (Å²) < 4.78 is 1.68. The standard InChI is InChI=1S/C17H19N9S/c18-14-21-15(19)26(17(22-14)8-4-1-5-9-17)12-7-3-2-6-11(12)13-24-25-10-20-23-16(25)27-13/h2-3,6-7,10H,1,4-5,8-9H2,(H4,18,19,21,22). The Kier molecular flexibility index (Phi) is 3.61. The number of anilines is 1. The van der Waals surface area contributed by atoms with Crippen LogP contribution in [0.25, 0.3) is 15.5 Å². The molecule has 1 aromatic carbocycles. The van der Waals surface area contributed by atoms with Crippen LogP contribution in [-0.4, -0.2) is 37.4 Å². The lowest BCUT2D eigenvalue weighted by Crippen LogP contribution is -2.58. The maximum atomic E-state index is 6.38. The fourth-order valence-electron chi connectivity index (χ4n) is 3.99. The molecule has 138 valence electrons. The Morgan fingerprint density at radius 3 is 2.70 bits per heavy atom. The molecule has 2 aliphatic rings. The second kappa shape index (κ2) is 6.02. The van der Waals surface area contributed by atoms with Gasteiger partial charge in [-0.2, -0.15) is 14.6 Å². The van der Waals surface area contributed by atoms with Crippen molar-refractivity contribution >= 4 is 33.9 Å². The molecule has 1 fully saturated rings. The third-order valence-electron chi connectivity index (χ3n) is 5.11. The van der Waals surface area contributed by atoms with Gasteiger partial charge < -0.3 is 11.5 Å². The minimum atomic E-state index is -0.483. The molecule has 0 saturated heterocycles. The van der Waals surface area contributed by atoms with Crippen molar-refractivity contribution in [2.75, 3.05) is 4.90 Å². The van der Waals surface area contributed by atoms with Gasteiger partial charge in [0.1, 0.15) is 17.0 Å². The van der Waals surface area contributed by atoms with Crippen LogP contribution in [0.5, 0.6) is 0 Å². The third kappa shape index (κ3) is 2.55. The third-order valence-corrected chi connectivity index (χ3v) is 6.06. The monoisotopic (exact) mass is 381 g/mol. The van der Waals surface area contributed by atoms with Gasteiger partial charge in [0.05, 0.1) is 5.69 Å². The quantitative estimate of drug-likeness (QED) is 0.699. The second-order valence-electron chi connectivity index (χ2n) is 6.80. The molecule has 5 rings (SSSR count). The van der Waals surface area contributed by atoms with E-state index in [-0.39, 0.29) is 5.96 Å². The Bertz CT molecular complexity index is 1030. The van der Waals surface area contributed by atoms with E-state index < -0.39 is 5.66 Å². The van der Waals surface area contributed by atoms with Gasteiger partial charge in [-0.25, -0.2) is 4.99 Å². The van der Waals surface area contributed by atoms with Gasteiger partial charge in [-0.3, -0.25) is 4.90 Å². The molecule has 10 heteroatoms. The summed E-state index contributed by atoms with van der Waals surface area (Å²) in [6.45, 7) is 0. The molecule has 4 N–H and O–H groups in total. The number of fused-ring (bicyclic) bond motifs is 1. The Morgan fingerprint density at radius 1 is 1.07 bits per heavy atom. The lowest BCUT2D eigenvalue weighted by molar-refractivity contribution is 0.305. The van der Waals surface area contributed by atoms with Crippen molar-refractivity contribution in [1.29, 1.82) is 0 Å². The highest BCUT2D eigenvalue weighted by atomic mass is 32.1. The molecule has 3 heterocycles. The summed E-state index contributed by atoms with van der Waals surface area (Å²) in [4.78, 5) is 11.8. The molecule has 0 atom stereocenters. The number of hydrogen-bond acceptors (Lipinski definition) is 9. The van der Waals surface area contributed by atoms with Crippen molar-refractivity contribution in [1.82, 2.24) is 19.8 Å². The minimum Gasteiger partial charge on any atom is -0.369 e. The summed E-state index contributed by atoms with van der Waals surface area (Å²) in [5, 5.41) is 13.4. The van der Waals surface area contributed by atoms with Crippen LogP contribution in [-0.2, 0) is 0 Å². The highest BCUT2D eigenvalue weighted by molar-refractivity contribution is 7.19. The summed E-state index contributed by atoms with van der Waals surface area (Å²) in [6.07, 6.45) is 6.74. The maximum Gasteiger partial charge on any atom is 0.234 e. The number of rotatable bonds is 2. The zero-order valence-corrected chi connectivity index (χ0v) is 15.4. The van der Waals surface area contributed by atoms with E-state index in [2.05, 4.69) is 20.3 Å². The molecule has 1 spiro atoms.